The van der Waals surface area contributed by atoms with Gasteiger partial charge in [0, 0.05) is 24.7 Å². The third kappa shape index (κ3) is 25.4. The Kier molecular flexibility index (Phi) is 27.7. The number of hydrogen-bond acceptors (Lipinski definition) is 9. The lowest BCUT2D eigenvalue weighted by atomic mass is 10.0. The highest BCUT2D eigenvalue weighted by molar-refractivity contribution is 7.81. The van der Waals surface area contributed by atoms with E-state index in [2.05, 4.69) is 41.2 Å². The number of benzene rings is 1. The highest BCUT2D eigenvalue weighted by Crippen LogP contribution is 2.47. The Hall–Kier alpha value is -1.60. The zero-order chi connectivity index (χ0) is 38.5. The van der Waals surface area contributed by atoms with Crippen LogP contribution in [-0.2, 0) is 28.0 Å². The first-order valence-electron chi connectivity index (χ1n) is 19.4. The van der Waals surface area contributed by atoms with Gasteiger partial charge in [0.15, 0.2) is 0 Å². The molecule has 0 fully saturated rings. The van der Waals surface area contributed by atoms with Crippen LogP contribution in [0.2, 0.25) is 0 Å². The Morgan fingerprint density at radius 2 is 1.19 bits per heavy atom. The van der Waals surface area contributed by atoms with Crippen LogP contribution in [0.25, 0.3) is 0 Å². The van der Waals surface area contributed by atoms with Gasteiger partial charge in [0.2, 0.25) is 17.7 Å². The number of nitrogens with one attached hydrogen (secondary N) is 3. The van der Waals surface area contributed by atoms with E-state index in [1.165, 1.54) is 70.6 Å². The number of rotatable bonds is 33. The number of carbonyl (C=O) groups is 3. The van der Waals surface area contributed by atoms with Crippen molar-refractivity contribution < 1.29 is 37.6 Å². The summed E-state index contributed by atoms with van der Waals surface area (Å²) < 4.78 is 26.6. The molecular formula is C38H69N4O7PS2. The van der Waals surface area contributed by atoms with Crippen molar-refractivity contribution in [2.75, 3.05) is 70.9 Å². The lowest BCUT2D eigenvalue weighted by Gasteiger charge is -2.25. The fourth-order valence-corrected chi connectivity index (χ4v) is 7.31. The molecule has 0 aromatic heterocycles. The summed E-state index contributed by atoms with van der Waals surface area (Å²) in [6, 6.07) is 6.27. The van der Waals surface area contributed by atoms with Gasteiger partial charge in [0.05, 0.1) is 44.6 Å². The van der Waals surface area contributed by atoms with Crippen LogP contribution >= 0.6 is 32.9 Å². The second-order valence-electron chi connectivity index (χ2n) is 14.6. The molecule has 3 N–H and O–H groups in total. The minimum absolute atomic E-state index is 0.00289. The van der Waals surface area contributed by atoms with Crippen LogP contribution in [0, 0.1) is 0 Å². The lowest BCUT2D eigenvalue weighted by Crippen LogP contribution is -2.44. The summed E-state index contributed by atoms with van der Waals surface area (Å²) in [6.07, 6.45) is 19.4. The molecule has 0 saturated carbocycles. The molecule has 0 aliphatic heterocycles. The van der Waals surface area contributed by atoms with Gasteiger partial charge in [-0.25, -0.2) is 0 Å². The van der Waals surface area contributed by atoms with E-state index < -0.39 is 13.6 Å². The number of anilines is 1. The molecule has 2 atom stereocenters. The Bertz CT molecular complexity index is 1160. The average Bonchev–Trinajstić information content (AvgIpc) is 3.11. The predicted octanol–water partition coefficient (Wildman–Crippen LogP) is 6.03. The van der Waals surface area contributed by atoms with Gasteiger partial charge in [-0.1, -0.05) is 96.3 Å². The highest BCUT2D eigenvalue weighted by Gasteiger charge is 2.28. The van der Waals surface area contributed by atoms with Crippen LogP contribution in [-0.4, -0.2) is 93.8 Å². The number of quaternary nitrogens is 1. The number of unbranched alkanes of at least 4 members (excludes halogenated alkanes) is 15. The number of hydrogen-bond donors (Lipinski definition) is 5. The molecule has 0 radical (unpaired) electrons. The van der Waals surface area contributed by atoms with E-state index >= 15 is 0 Å². The second-order valence-corrected chi connectivity index (χ2v) is 17.2. The maximum atomic E-state index is 14.0. The first-order chi connectivity index (χ1) is 24.9. The van der Waals surface area contributed by atoms with Crippen molar-refractivity contribution in [3.8, 4) is 0 Å². The van der Waals surface area contributed by atoms with Gasteiger partial charge < -0.3 is 30.1 Å². The first-order valence-corrected chi connectivity index (χ1v) is 22.2. The normalized spacial score (nSPS) is 13.3. The summed E-state index contributed by atoms with van der Waals surface area (Å²) in [6.45, 7) is 1.54. The van der Waals surface area contributed by atoms with Gasteiger partial charge >= 0.3 is 7.60 Å². The smallest absolute Gasteiger partial charge is 0.361 e. The van der Waals surface area contributed by atoms with Crippen molar-refractivity contribution in [1.29, 1.82) is 0 Å². The van der Waals surface area contributed by atoms with E-state index in [9.17, 15) is 24.1 Å². The van der Waals surface area contributed by atoms with Gasteiger partial charge in [-0.15, -0.1) is 6.61 Å². The summed E-state index contributed by atoms with van der Waals surface area (Å²) in [7, 11) is 2.56. The molecule has 52 heavy (non-hydrogen) atoms. The van der Waals surface area contributed by atoms with Crippen molar-refractivity contribution in [2.45, 2.75) is 122 Å². The van der Waals surface area contributed by atoms with E-state index in [1.54, 1.807) is 24.3 Å². The summed E-state index contributed by atoms with van der Waals surface area (Å²) in [5.41, 5.74) is 0.533. The summed E-state index contributed by atoms with van der Waals surface area (Å²) in [4.78, 5) is 36.2. The minimum atomic E-state index is -3.58. The quantitative estimate of drug-likeness (QED) is 0.0253. The van der Waals surface area contributed by atoms with Gasteiger partial charge in [0.1, 0.15) is 13.2 Å². The molecule has 0 saturated heterocycles. The Labute approximate surface area is 325 Å². The van der Waals surface area contributed by atoms with Gasteiger partial charge in [-0.2, -0.15) is 25.3 Å². The molecule has 11 nitrogen and oxygen atoms in total. The van der Waals surface area contributed by atoms with Crippen molar-refractivity contribution in [3.63, 3.8) is 0 Å². The Morgan fingerprint density at radius 1 is 0.712 bits per heavy atom. The standard InChI is InChI=1S/C38H69N4O7PS2/c1-42(2,3)26-29-49-50(47,48-28-19-17-15-13-11-9-7-5-4-6-8-10-12-14-16-18-27-43)35-23-20-33(21-24-35)40-36(44)25-22-34(41-38(46)32-52)30-39-37(45)31-51/h20-21,23-24,34,51-52H,4-19,22,25-32H2,1-3H3,(H,39,45)(H,40,44)(H,41,46). The monoisotopic (exact) mass is 788 g/mol. The maximum absolute atomic E-state index is 14.0. The fraction of sp³-hybridized carbons (Fsp3) is 0.763. The highest BCUT2D eigenvalue weighted by atomic mass is 32.1. The number of likely N-dealkylation sites (N-methyl/N-ethyl adjacent to an activating group) is 1. The molecule has 1 rings (SSSR count). The topological polar surface area (TPSA) is 146 Å². The minimum Gasteiger partial charge on any atom is -0.854 e. The predicted molar refractivity (Wildman–Crippen MR) is 218 cm³/mol. The van der Waals surface area contributed by atoms with Gasteiger partial charge in [-0.05, 0) is 37.1 Å². The van der Waals surface area contributed by atoms with E-state index in [4.69, 9.17) is 9.05 Å². The number of thiol groups is 2. The van der Waals surface area contributed by atoms with Crippen molar-refractivity contribution in [3.05, 3.63) is 24.3 Å². The van der Waals surface area contributed by atoms with Crippen molar-refractivity contribution in [1.82, 2.24) is 10.6 Å². The Balaban J connectivity index is 2.49. The van der Waals surface area contributed by atoms with Crippen molar-refractivity contribution in [2.24, 2.45) is 0 Å². The number of amides is 3. The SMILES string of the molecule is C[N+](C)(C)CCOP(=O)(OCCCCCCCCCCCCCCCCCC[O-])c1ccc(NC(=O)CCC(CNC(=O)CS)NC(=O)CS)cc1. The molecule has 0 aliphatic rings. The summed E-state index contributed by atoms with van der Waals surface area (Å²) in [5.74, 6) is -0.798. The average molecular weight is 789 g/mol. The van der Waals surface area contributed by atoms with E-state index in [0.29, 0.717) is 35.0 Å². The van der Waals surface area contributed by atoms with Crippen LogP contribution in [0.15, 0.2) is 24.3 Å². The second kappa shape index (κ2) is 29.7. The molecule has 14 heteroatoms. The molecule has 300 valence electrons. The van der Waals surface area contributed by atoms with Crippen LogP contribution < -0.4 is 26.4 Å². The molecule has 3 amide bonds. The Morgan fingerprint density at radius 3 is 1.67 bits per heavy atom. The molecule has 1 aromatic rings. The van der Waals surface area contributed by atoms with E-state index in [0.717, 1.165) is 32.1 Å². The van der Waals surface area contributed by atoms with Gasteiger partial charge in [0.25, 0.3) is 0 Å². The first kappa shape index (κ1) is 48.4. The fourth-order valence-electron chi connectivity index (χ4n) is 5.53. The van der Waals surface area contributed by atoms with Crippen molar-refractivity contribution >= 4 is 61.6 Å². The number of carbonyl (C=O) groups excluding carboxylic acids is 3. The molecule has 2 unspecified atom stereocenters. The number of nitrogens with zero attached hydrogens (tertiary/aromatic N) is 1. The van der Waals surface area contributed by atoms with Crippen LogP contribution in [0.5, 0.6) is 0 Å². The molecule has 0 heterocycles. The molecule has 0 bridgehead atoms. The van der Waals surface area contributed by atoms with E-state index in [-0.39, 0.29) is 55.4 Å². The van der Waals surface area contributed by atoms with Crippen LogP contribution in [0.3, 0.4) is 0 Å². The lowest BCUT2D eigenvalue weighted by molar-refractivity contribution is -0.870. The van der Waals surface area contributed by atoms with Crippen LogP contribution in [0.1, 0.15) is 116 Å². The molecule has 0 spiro atoms. The third-order valence-corrected chi connectivity index (χ3v) is 11.3. The third-order valence-electron chi connectivity index (χ3n) is 8.71. The van der Waals surface area contributed by atoms with Gasteiger partial charge in [-0.3, -0.25) is 23.5 Å². The largest absolute Gasteiger partial charge is 0.854 e. The van der Waals surface area contributed by atoms with E-state index in [1.807, 2.05) is 21.1 Å². The summed E-state index contributed by atoms with van der Waals surface area (Å²) >= 11 is 7.92. The zero-order valence-electron chi connectivity index (χ0n) is 32.2. The van der Waals surface area contributed by atoms with Crippen LogP contribution in [0.4, 0.5) is 5.69 Å². The molecule has 0 aliphatic carbocycles. The summed E-state index contributed by atoms with van der Waals surface area (Å²) in [5, 5.41) is 19.2. The maximum Gasteiger partial charge on any atom is 0.361 e. The zero-order valence-corrected chi connectivity index (χ0v) is 34.9. The molecular weight excluding hydrogens is 720 g/mol. The molecule has 1 aromatic carbocycles.